The minimum absolute atomic E-state index is 0.0495. The van der Waals surface area contributed by atoms with E-state index in [-0.39, 0.29) is 23.0 Å². The maximum absolute atomic E-state index is 12.9. The number of sulfonamides is 1. The third kappa shape index (κ3) is 5.61. The lowest BCUT2D eigenvalue weighted by atomic mass is 10.1. The molecule has 1 fully saturated rings. The molecular weight excluding hydrogens is 400 g/mol. The van der Waals surface area contributed by atoms with Gasteiger partial charge in [-0.15, -0.1) is 0 Å². The number of amides is 1. The highest BCUT2D eigenvalue weighted by Crippen LogP contribution is 2.20. The van der Waals surface area contributed by atoms with Crippen LogP contribution in [0.25, 0.3) is 0 Å². The molecule has 0 aliphatic carbocycles. The van der Waals surface area contributed by atoms with Crippen LogP contribution in [0.3, 0.4) is 0 Å². The van der Waals surface area contributed by atoms with Crippen molar-refractivity contribution in [2.75, 3.05) is 17.8 Å². The largest absolute Gasteiger partial charge is 0.372 e. The van der Waals surface area contributed by atoms with Crippen molar-refractivity contribution in [1.82, 2.24) is 4.90 Å². The number of unbranched alkanes of at least 4 members (excludes halogenated alkanes) is 1. The molecule has 6 nitrogen and oxygen atoms in total. The quantitative estimate of drug-likeness (QED) is 0.718. The number of carbonyl (C=O) groups is 1. The second kappa shape index (κ2) is 9.62. The van der Waals surface area contributed by atoms with Gasteiger partial charge in [0.05, 0.1) is 17.1 Å². The number of nitrogens with zero attached hydrogens (tertiary/aromatic N) is 1. The van der Waals surface area contributed by atoms with Gasteiger partial charge in [-0.2, -0.15) is 0 Å². The maximum atomic E-state index is 12.9. The number of nitrogens with one attached hydrogen (secondary N) is 1. The number of hydrogen-bond acceptors (Lipinski definition) is 4. The second-order valence-electron chi connectivity index (χ2n) is 7.90. The maximum Gasteiger partial charge on any atom is 0.261 e. The summed E-state index contributed by atoms with van der Waals surface area (Å²) in [6.07, 6.45) is 3.10. The average molecular weight is 431 g/mol. The van der Waals surface area contributed by atoms with Crippen LogP contribution >= 0.6 is 0 Å². The summed E-state index contributed by atoms with van der Waals surface area (Å²) in [4.78, 5) is 14.7. The van der Waals surface area contributed by atoms with Gasteiger partial charge >= 0.3 is 0 Å². The topological polar surface area (TPSA) is 75.7 Å². The lowest BCUT2D eigenvalue weighted by Gasteiger charge is -2.35. The predicted octanol–water partition coefficient (Wildman–Crippen LogP) is 4.08. The van der Waals surface area contributed by atoms with Gasteiger partial charge in [-0.1, -0.05) is 31.5 Å². The molecule has 0 aromatic heterocycles. The van der Waals surface area contributed by atoms with Crippen LogP contribution in [-0.2, 0) is 21.2 Å². The minimum Gasteiger partial charge on any atom is -0.372 e. The first-order valence-electron chi connectivity index (χ1n) is 10.4. The number of aryl methyl sites for hydroxylation is 1. The van der Waals surface area contributed by atoms with Gasteiger partial charge in [0.1, 0.15) is 0 Å². The zero-order valence-electron chi connectivity index (χ0n) is 17.8. The second-order valence-corrected chi connectivity index (χ2v) is 9.58. The van der Waals surface area contributed by atoms with Crippen molar-refractivity contribution >= 4 is 21.6 Å². The van der Waals surface area contributed by atoms with E-state index < -0.39 is 10.0 Å². The Morgan fingerprint density at radius 1 is 1.10 bits per heavy atom. The van der Waals surface area contributed by atoms with Crippen LogP contribution in [0.5, 0.6) is 0 Å². The highest BCUT2D eigenvalue weighted by molar-refractivity contribution is 7.92. The Kier molecular flexibility index (Phi) is 7.15. The first kappa shape index (κ1) is 22.3. The summed E-state index contributed by atoms with van der Waals surface area (Å²) >= 11 is 0. The molecule has 1 heterocycles. The third-order valence-corrected chi connectivity index (χ3v) is 6.50. The molecular formula is C23H30N2O4S. The van der Waals surface area contributed by atoms with E-state index in [4.69, 9.17) is 4.74 Å². The number of benzene rings is 2. The number of carbonyl (C=O) groups excluding carboxylic acids is 1. The summed E-state index contributed by atoms with van der Waals surface area (Å²) < 4.78 is 34.0. The molecule has 3 rings (SSSR count). The van der Waals surface area contributed by atoms with Gasteiger partial charge in [-0.05, 0) is 62.6 Å². The Bertz CT molecular complexity index is 963. The Balaban J connectivity index is 1.74. The number of rotatable bonds is 7. The van der Waals surface area contributed by atoms with Gasteiger partial charge in [-0.25, -0.2) is 8.42 Å². The molecule has 2 aromatic carbocycles. The molecule has 1 saturated heterocycles. The molecule has 0 spiro atoms. The normalized spacial score (nSPS) is 19.5. The summed E-state index contributed by atoms with van der Waals surface area (Å²) in [7, 11) is -3.80. The molecule has 1 aliphatic heterocycles. The summed E-state index contributed by atoms with van der Waals surface area (Å²) in [5.74, 6) is -0.186. The molecule has 1 aliphatic rings. The van der Waals surface area contributed by atoms with Crippen molar-refractivity contribution in [3.05, 3.63) is 59.7 Å². The number of hydrogen-bond donors (Lipinski definition) is 1. The Hall–Kier alpha value is -2.38. The number of ether oxygens (including phenoxy) is 1. The summed E-state index contributed by atoms with van der Waals surface area (Å²) in [6, 6.07) is 13.6. The highest BCUT2D eigenvalue weighted by atomic mass is 32.2. The van der Waals surface area contributed by atoms with Gasteiger partial charge in [0, 0.05) is 24.3 Å². The van der Waals surface area contributed by atoms with E-state index in [0.717, 1.165) is 19.3 Å². The molecule has 0 saturated carbocycles. The van der Waals surface area contributed by atoms with Crippen LogP contribution in [-0.4, -0.2) is 44.5 Å². The number of morpholine rings is 1. The smallest absolute Gasteiger partial charge is 0.261 e. The van der Waals surface area contributed by atoms with Gasteiger partial charge in [0.15, 0.2) is 0 Å². The fourth-order valence-electron chi connectivity index (χ4n) is 3.66. The summed E-state index contributed by atoms with van der Waals surface area (Å²) in [6.45, 7) is 6.97. The first-order chi connectivity index (χ1) is 14.3. The number of anilines is 1. The van der Waals surface area contributed by atoms with Crippen molar-refractivity contribution < 1.29 is 17.9 Å². The van der Waals surface area contributed by atoms with Gasteiger partial charge in [0.25, 0.3) is 15.9 Å². The van der Waals surface area contributed by atoms with E-state index in [1.165, 1.54) is 17.7 Å². The van der Waals surface area contributed by atoms with Crippen molar-refractivity contribution in [1.29, 1.82) is 0 Å². The zero-order valence-corrected chi connectivity index (χ0v) is 18.6. The molecule has 1 amide bonds. The monoisotopic (exact) mass is 430 g/mol. The average Bonchev–Trinajstić information content (AvgIpc) is 2.72. The standard InChI is InChI=1S/C23H30N2O4S/c1-4-5-7-19-10-12-21(13-11-19)24-30(27,28)22-9-6-8-20(14-22)23(26)25-15-17(2)29-18(3)16-25/h6,8-14,17-18,24H,4-5,7,15-16H2,1-3H3. The molecule has 30 heavy (non-hydrogen) atoms. The van der Waals surface area contributed by atoms with Gasteiger partial charge in [-0.3, -0.25) is 9.52 Å². The molecule has 2 atom stereocenters. The fourth-order valence-corrected chi connectivity index (χ4v) is 4.76. The van der Waals surface area contributed by atoms with E-state index in [9.17, 15) is 13.2 Å². The van der Waals surface area contributed by atoms with Crippen LogP contribution in [0, 0.1) is 0 Å². The highest BCUT2D eigenvalue weighted by Gasteiger charge is 2.27. The minimum atomic E-state index is -3.80. The summed E-state index contributed by atoms with van der Waals surface area (Å²) in [5, 5.41) is 0. The Labute approximate surface area is 179 Å². The Morgan fingerprint density at radius 2 is 1.77 bits per heavy atom. The van der Waals surface area contributed by atoms with Crippen molar-refractivity contribution in [3.63, 3.8) is 0 Å². The van der Waals surface area contributed by atoms with Crippen molar-refractivity contribution in [2.45, 2.75) is 57.1 Å². The lowest BCUT2D eigenvalue weighted by molar-refractivity contribution is -0.0586. The van der Waals surface area contributed by atoms with E-state index in [0.29, 0.717) is 24.3 Å². The Morgan fingerprint density at radius 3 is 2.40 bits per heavy atom. The molecule has 0 bridgehead atoms. The van der Waals surface area contributed by atoms with Crippen LogP contribution in [0.15, 0.2) is 53.4 Å². The fraction of sp³-hybridized carbons (Fsp3) is 0.435. The molecule has 1 N–H and O–H groups in total. The molecule has 2 unspecified atom stereocenters. The zero-order chi connectivity index (χ0) is 21.7. The van der Waals surface area contributed by atoms with Gasteiger partial charge in [0.2, 0.25) is 0 Å². The third-order valence-electron chi connectivity index (χ3n) is 5.12. The van der Waals surface area contributed by atoms with Crippen LogP contribution in [0.4, 0.5) is 5.69 Å². The van der Waals surface area contributed by atoms with E-state index >= 15 is 0 Å². The first-order valence-corrected chi connectivity index (χ1v) is 11.9. The summed E-state index contributed by atoms with van der Waals surface area (Å²) in [5.41, 5.74) is 2.04. The van der Waals surface area contributed by atoms with E-state index in [2.05, 4.69) is 11.6 Å². The lowest BCUT2D eigenvalue weighted by Crippen LogP contribution is -2.48. The SMILES string of the molecule is CCCCc1ccc(NS(=O)(=O)c2cccc(C(=O)N3CC(C)OC(C)C3)c2)cc1. The molecule has 0 radical (unpaired) electrons. The molecule has 7 heteroatoms. The van der Waals surface area contributed by atoms with E-state index in [1.807, 2.05) is 26.0 Å². The predicted molar refractivity (Wildman–Crippen MR) is 118 cm³/mol. The molecule has 162 valence electrons. The van der Waals surface area contributed by atoms with Crippen LogP contribution < -0.4 is 4.72 Å². The van der Waals surface area contributed by atoms with Crippen LogP contribution in [0.1, 0.15) is 49.5 Å². The van der Waals surface area contributed by atoms with Gasteiger partial charge < -0.3 is 9.64 Å². The van der Waals surface area contributed by atoms with Crippen molar-refractivity contribution in [2.24, 2.45) is 0 Å². The van der Waals surface area contributed by atoms with E-state index in [1.54, 1.807) is 29.2 Å². The molecule has 2 aromatic rings. The van der Waals surface area contributed by atoms with Crippen LogP contribution in [0.2, 0.25) is 0 Å². The van der Waals surface area contributed by atoms with Crippen molar-refractivity contribution in [3.8, 4) is 0 Å².